The third-order valence-corrected chi connectivity index (χ3v) is 4.87. The molecule has 0 radical (unpaired) electrons. The number of ether oxygens (including phenoxy) is 2. The molecule has 0 unspecified atom stereocenters. The van der Waals surface area contributed by atoms with Gasteiger partial charge in [-0.2, -0.15) is 0 Å². The molecule has 0 aliphatic rings. The Morgan fingerprint density at radius 2 is 1.07 bits per heavy atom. The first-order valence-corrected chi connectivity index (χ1v) is 10.3. The van der Waals surface area contributed by atoms with Crippen LogP contribution in [0.2, 0.25) is 0 Å². The van der Waals surface area contributed by atoms with Crippen LogP contribution < -0.4 is 0 Å². The summed E-state index contributed by atoms with van der Waals surface area (Å²) < 4.78 is 11.1. The van der Waals surface area contributed by atoms with Crippen molar-refractivity contribution in [1.82, 2.24) is 0 Å². The van der Waals surface area contributed by atoms with Crippen LogP contribution >= 0.6 is 31.9 Å². The van der Waals surface area contributed by atoms with Gasteiger partial charge in [0.1, 0.15) is 0 Å². The molecule has 0 bridgehead atoms. The van der Waals surface area contributed by atoms with E-state index in [4.69, 9.17) is 4.74 Å². The van der Waals surface area contributed by atoms with Crippen molar-refractivity contribution >= 4 is 61.1 Å². The van der Waals surface area contributed by atoms with Crippen molar-refractivity contribution in [3.8, 4) is 0 Å². The Morgan fingerprint density at radius 3 is 1.53 bits per heavy atom. The fraction of sp³-hybridized carbons (Fsp3) is 0.190. The van der Waals surface area contributed by atoms with Gasteiger partial charge in [0.15, 0.2) is 24.8 Å². The zero-order valence-electron chi connectivity index (χ0n) is 15.6. The lowest BCUT2D eigenvalue weighted by Crippen LogP contribution is -2.22. The van der Waals surface area contributed by atoms with Crippen LogP contribution in [0.3, 0.4) is 0 Å². The van der Waals surface area contributed by atoms with Crippen LogP contribution in [0.5, 0.6) is 0 Å². The van der Waals surface area contributed by atoms with Crippen LogP contribution in [0.1, 0.15) is 33.6 Å². The molecule has 156 valence electrons. The van der Waals surface area contributed by atoms with E-state index in [1.54, 1.807) is 48.5 Å². The molecule has 2 aromatic rings. The highest BCUT2D eigenvalue weighted by Crippen LogP contribution is 2.12. The molecule has 0 aliphatic carbocycles. The molecule has 0 atom stereocenters. The van der Waals surface area contributed by atoms with Crippen LogP contribution in [0, 0.1) is 0 Å². The maximum absolute atomic E-state index is 11.9. The van der Waals surface area contributed by atoms with Gasteiger partial charge in [-0.05, 0) is 24.3 Å². The van der Waals surface area contributed by atoms with Gasteiger partial charge in [0.25, 0.3) is 0 Å². The number of carbonyl (C=O) groups is 5. The topological polar surface area (TPSA) is 104 Å². The number of hydrogen-bond donors (Lipinski definition) is 0. The Hall–Kier alpha value is -2.65. The summed E-state index contributed by atoms with van der Waals surface area (Å²) in [6, 6.07) is 12.9. The Bertz CT molecular complexity index is 950. The highest BCUT2D eigenvalue weighted by molar-refractivity contribution is 9.10. The lowest BCUT2D eigenvalue weighted by Gasteiger charge is -2.05. The predicted octanol–water partition coefficient (Wildman–Crippen LogP) is 3.71. The zero-order chi connectivity index (χ0) is 22.1. The van der Waals surface area contributed by atoms with Gasteiger partial charge >= 0.3 is 11.9 Å². The molecule has 0 spiro atoms. The SMILES string of the molecule is O=C(CCC(=O)C(=O)OCC(=O)c1ccc(Br)cc1)OCC(=O)c1ccc(Br)cc1. The van der Waals surface area contributed by atoms with Gasteiger partial charge in [0, 0.05) is 26.5 Å². The fourth-order valence-electron chi connectivity index (χ4n) is 2.19. The van der Waals surface area contributed by atoms with Crippen LogP contribution in [0.4, 0.5) is 0 Å². The van der Waals surface area contributed by atoms with Crippen LogP contribution in [-0.2, 0) is 23.9 Å². The summed E-state index contributed by atoms with van der Waals surface area (Å²) in [4.78, 5) is 59.0. The summed E-state index contributed by atoms with van der Waals surface area (Å²) in [6.07, 6.45) is -0.834. The van der Waals surface area contributed by atoms with Gasteiger partial charge in [-0.3, -0.25) is 19.2 Å². The number of rotatable bonds is 10. The molecule has 0 aliphatic heterocycles. The van der Waals surface area contributed by atoms with E-state index in [1.807, 2.05) is 0 Å². The van der Waals surface area contributed by atoms with Crippen molar-refractivity contribution in [3.05, 3.63) is 68.6 Å². The minimum Gasteiger partial charge on any atom is -0.457 e. The lowest BCUT2D eigenvalue weighted by molar-refractivity contribution is -0.154. The van der Waals surface area contributed by atoms with Gasteiger partial charge in [-0.15, -0.1) is 0 Å². The quantitative estimate of drug-likeness (QED) is 0.257. The van der Waals surface area contributed by atoms with Crippen LogP contribution in [0.15, 0.2) is 57.5 Å². The zero-order valence-corrected chi connectivity index (χ0v) is 18.7. The summed E-state index contributed by atoms with van der Waals surface area (Å²) >= 11 is 6.49. The molecule has 30 heavy (non-hydrogen) atoms. The molecule has 0 aromatic heterocycles. The maximum atomic E-state index is 11.9. The van der Waals surface area contributed by atoms with Gasteiger partial charge < -0.3 is 9.47 Å². The minimum absolute atomic E-state index is 0.331. The molecular formula is C21H16Br2O7. The highest BCUT2D eigenvalue weighted by Gasteiger charge is 2.19. The lowest BCUT2D eigenvalue weighted by atomic mass is 10.1. The van der Waals surface area contributed by atoms with E-state index in [2.05, 4.69) is 36.6 Å². The number of carbonyl (C=O) groups excluding carboxylic acids is 5. The van der Waals surface area contributed by atoms with Gasteiger partial charge in [0.2, 0.25) is 5.78 Å². The van der Waals surface area contributed by atoms with Crippen molar-refractivity contribution in [2.24, 2.45) is 0 Å². The molecule has 0 N–H and O–H groups in total. The number of hydrogen-bond acceptors (Lipinski definition) is 7. The van der Waals surface area contributed by atoms with Crippen molar-refractivity contribution in [2.45, 2.75) is 12.8 Å². The maximum Gasteiger partial charge on any atom is 0.375 e. The van der Waals surface area contributed by atoms with E-state index in [-0.39, 0.29) is 6.42 Å². The van der Waals surface area contributed by atoms with Crippen LogP contribution in [0.25, 0.3) is 0 Å². The van der Waals surface area contributed by atoms with Crippen molar-refractivity contribution in [1.29, 1.82) is 0 Å². The Morgan fingerprint density at radius 1 is 0.633 bits per heavy atom. The largest absolute Gasteiger partial charge is 0.457 e. The van der Waals surface area contributed by atoms with Gasteiger partial charge in [0.05, 0.1) is 6.42 Å². The molecule has 0 saturated carbocycles. The summed E-state index contributed by atoms with van der Waals surface area (Å²) in [7, 11) is 0. The second-order valence-electron chi connectivity index (χ2n) is 6.02. The normalized spacial score (nSPS) is 10.2. The van der Waals surface area contributed by atoms with E-state index < -0.39 is 48.9 Å². The highest BCUT2D eigenvalue weighted by atomic mass is 79.9. The third kappa shape index (κ3) is 7.64. The van der Waals surface area contributed by atoms with E-state index in [1.165, 1.54) is 0 Å². The number of esters is 2. The molecule has 0 amide bonds. The van der Waals surface area contributed by atoms with E-state index >= 15 is 0 Å². The Labute approximate surface area is 189 Å². The first-order chi connectivity index (χ1) is 14.3. The van der Waals surface area contributed by atoms with Crippen LogP contribution in [-0.4, -0.2) is 42.5 Å². The average molecular weight is 540 g/mol. The Kier molecular flexibility index (Phi) is 9.07. The smallest absolute Gasteiger partial charge is 0.375 e. The first kappa shape index (κ1) is 23.6. The standard InChI is InChI=1S/C21H16Br2O7/c22-15-5-1-13(2-6-15)18(25)11-29-20(27)10-9-17(24)21(28)30-12-19(26)14-3-7-16(23)8-4-14/h1-8H,9-12H2. The molecule has 2 aromatic carbocycles. The molecule has 0 heterocycles. The molecule has 9 heteroatoms. The summed E-state index contributed by atoms with van der Waals surface area (Å²) in [5.74, 6) is -3.83. The molecule has 0 fully saturated rings. The first-order valence-electron chi connectivity index (χ1n) is 8.69. The van der Waals surface area contributed by atoms with E-state index in [9.17, 15) is 24.0 Å². The number of Topliss-reactive ketones (excluding diaryl/α,β-unsaturated/α-hetero) is 3. The summed E-state index contributed by atoms with van der Waals surface area (Å²) in [6.45, 7) is -1.06. The van der Waals surface area contributed by atoms with Crippen molar-refractivity contribution in [2.75, 3.05) is 13.2 Å². The monoisotopic (exact) mass is 538 g/mol. The summed E-state index contributed by atoms with van der Waals surface area (Å²) in [5, 5.41) is 0. The predicted molar refractivity (Wildman–Crippen MR) is 113 cm³/mol. The van der Waals surface area contributed by atoms with Gasteiger partial charge in [-0.25, -0.2) is 4.79 Å². The molecular weight excluding hydrogens is 524 g/mol. The van der Waals surface area contributed by atoms with Crippen molar-refractivity contribution < 1.29 is 33.4 Å². The Balaban J connectivity index is 1.69. The van der Waals surface area contributed by atoms with E-state index in [0.717, 1.165) is 8.95 Å². The van der Waals surface area contributed by atoms with E-state index in [0.29, 0.717) is 11.1 Å². The molecule has 2 rings (SSSR count). The second kappa shape index (κ2) is 11.5. The number of halogens is 2. The fourth-order valence-corrected chi connectivity index (χ4v) is 2.71. The third-order valence-electron chi connectivity index (χ3n) is 3.81. The second-order valence-corrected chi connectivity index (χ2v) is 7.85. The van der Waals surface area contributed by atoms with Gasteiger partial charge in [-0.1, -0.05) is 56.1 Å². The number of ketones is 3. The molecule has 7 nitrogen and oxygen atoms in total. The summed E-state index contributed by atoms with van der Waals surface area (Å²) in [5.41, 5.74) is 0.707. The molecule has 0 saturated heterocycles. The minimum atomic E-state index is -1.21. The number of benzene rings is 2. The van der Waals surface area contributed by atoms with Crippen molar-refractivity contribution in [3.63, 3.8) is 0 Å². The average Bonchev–Trinajstić information content (AvgIpc) is 2.74.